The Kier molecular flexibility index (Phi) is 7.25. The lowest BCUT2D eigenvalue weighted by atomic mass is 9.97. The minimum Gasteiger partial charge on any atom is -0.315 e. The lowest BCUT2D eigenvalue weighted by Crippen LogP contribution is -2.47. The van der Waals surface area contributed by atoms with Gasteiger partial charge in [-0.15, -0.1) is 0 Å². The van der Waals surface area contributed by atoms with Gasteiger partial charge in [0.1, 0.15) is 0 Å². The van der Waals surface area contributed by atoms with Crippen LogP contribution in [0.25, 0.3) is 0 Å². The summed E-state index contributed by atoms with van der Waals surface area (Å²) >= 11 is 0. The first-order chi connectivity index (χ1) is 8.58. The molecule has 18 heavy (non-hydrogen) atoms. The van der Waals surface area contributed by atoms with Gasteiger partial charge in [0.05, 0.1) is 0 Å². The Morgan fingerprint density at radius 1 is 1.11 bits per heavy atom. The minimum atomic E-state index is 0.648. The molecule has 1 rings (SSSR count). The summed E-state index contributed by atoms with van der Waals surface area (Å²) in [5, 5.41) is 3.54. The molecule has 2 atom stereocenters. The zero-order chi connectivity index (χ0) is 13.5. The first-order valence-corrected chi connectivity index (χ1v) is 7.99. The molecule has 1 fully saturated rings. The highest BCUT2D eigenvalue weighted by atomic mass is 15.2. The molecule has 1 aliphatic carbocycles. The van der Waals surface area contributed by atoms with E-state index in [2.05, 4.69) is 45.0 Å². The van der Waals surface area contributed by atoms with E-state index in [1.165, 1.54) is 45.2 Å². The number of nitrogens with one attached hydrogen (secondary N) is 1. The van der Waals surface area contributed by atoms with Crippen molar-refractivity contribution in [1.29, 1.82) is 0 Å². The highest BCUT2D eigenvalue weighted by molar-refractivity contribution is 4.83. The van der Waals surface area contributed by atoms with Gasteiger partial charge in [-0.3, -0.25) is 4.90 Å². The first-order valence-electron chi connectivity index (χ1n) is 7.99. The summed E-state index contributed by atoms with van der Waals surface area (Å²) in [5.74, 6) is 1.55. The lowest BCUT2D eigenvalue weighted by Gasteiger charge is -2.35. The Bertz CT molecular complexity index is 209. The third kappa shape index (κ3) is 4.89. The SMILES string of the molecule is CCC(C)C(CN(CC(C)C)C1CCCC1)NC. The maximum absolute atomic E-state index is 3.54. The molecule has 0 aliphatic heterocycles. The molecule has 1 N–H and O–H groups in total. The van der Waals surface area contributed by atoms with Gasteiger partial charge in [-0.2, -0.15) is 0 Å². The number of hydrogen-bond donors (Lipinski definition) is 1. The number of nitrogens with zero attached hydrogens (tertiary/aromatic N) is 1. The van der Waals surface area contributed by atoms with Crippen LogP contribution in [0.3, 0.4) is 0 Å². The van der Waals surface area contributed by atoms with Gasteiger partial charge in [0.25, 0.3) is 0 Å². The largest absolute Gasteiger partial charge is 0.315 e. The average molecular weight is 254 g/mol. The van der Waals surface area contributed by atoms with Crippen LogP contribution in [0.2, 0.25) is 0 Å². The molecule has 108 valence electrons. The predicted octanol–water partition coefficient (Wildman–Crippen LogP) is 3.52. The van der Waals surface area contributed by atoms with Crippen molar-refractivity contribution in [2.45, 2.75) is 71.9 Å². The van der Waals surface area contributed by atoms with Crippen LogP contribution in [0.1, 0.15) is 59.8 Å². The summed E-state index contributed by atoms with van der Waals surface area (Å²) in [6, 6.07) is 1.50. The molecule has 0 bridgehead atoms. The zero-order valence-electron chi connectivity index (χ0n) is 13.2. The van der Waals surface area contributed by atoms with E-state index in [1.807, 2.05) is 0 Å². The summed E-state index contributed by atoms with van der Waals surface area (Å²) in [6.45, 7) is 11.9. The highest BCUT2D eigenvalue weighted by Crippen LogP contribution is 2.25. The molecule has 2 heteroatoms. The van der Waals surface area contributed by atoms with Crippen molar-refractivity contribution in [1.82, 2.24) is 10.2 Å². The maximum Gasteiger partial charge on any atom is 0.0217 e. The van der Waals surface area contributed by atoms with E-state index in [-0.39, 0.29) is 0 Å². The molecule has 0 amide bonds. The maximum atomic E-state index is 3.54. The molecule has 0 saturated heterocycles. The molecule has 0 radical (unpaired) electrons. The van der Waals surface area contributed by atoms with Crippen molar-refractivity contribution in [2.24, 2.45) is 11.8 Å². The van der Waals surface area contributed by atoms with Crippen LogP contribution in [0.4, 0.5) is 0 Å². The molecule has 2 nitrogen and oxygen atoms in total. The van der Waals surface area contributed by atoms with Gasteiger partial charge < -0.3 is 5.32 Å². The number of rotatable bonds is 8. The summed E-state index contributed by atoms with van der Waals surface area (Å²) < 4.78 is 0. The van der Waals surface area contributed by atoms with Crippen LogP contribution < -0.4 is 5.32 Å². The molecule has 0 aromatic carbocycles. The van der Waals surface area contributed by atoms with E-state index in [0.717, 1.165) is 17.9 Å². The zero-order valence-corrected chi connectivity index (χ0v) is 13.2. The van der Waals surface area contributed by atoms with Crippen LogP contribution in [0.15, 0.2) is 0 Å². The van der Waals surface area contributed by atoms with Gasteiger partial charge >= 0.3 is 0 Å². The normalized spacial score (nSPS) is 20.8. The first kappa shape index (κ1) is 16.0. The standard InChI is InChI=1S/C16H34N2/c1-6-14(4)16(17-5)12-18(11-13(2)3)15-9-7-8-10-15/h13-17H,6-12H2,1-5H3. The van der Waals surface area contributed by atoms with Gasteiger partial charge in [0.2, 0.25) is 0 Å². The molecule has 0 spiro atoms. The monoisotopic (exact) mass is 254 g/mol. The second-order valence-corrected chi connectivity index (χ2v) is 6.57. The Morgan fingerprint density at radius 3 is 2.17 bits per heavy atom. The van der Waals surface area contributed by atoms with E-state index >= 15 is 0 Å². The van der Waals surface area contributed by atoms with Gasteiger partial charge in [-0.1, -0.05) is 47.0 Å². The third-order valence-electron chi connectivity index (χ3n) is 4.57. The fourth-order valence-corrected chi connectivity index (χ4v) is 3.20. The predicted molar refractivity (Wildman–Crippen MR) is 81.0 cm³/mol. The van der Waals surface area contributed by atoms with E-state index in [1.54, 1.807) is 0 Å². The second kappa shape index (κ2) is 8.16. The van der Waals surface area contributed by atoms with Crippen molar-refractivity contribution in [3.8, 4) is 0 Å². The average Bonchev–Trinajstić information content (AvgIpc) is 2.86. The van der Waals surface area contributed by atoms with Crippen molar-refractivity contribution in [2.75, 3.05) is 20.1 Å². The van der Waals surface area contributed by atoms with Gasteiger partial charge in [0.15, 0.2) is 0 Å². The van der Waals surface area contributed by atoms with Gasteiger partial charge in [0, 0.05) is 25.2 Å². The topological polar surface area (TPSA) is 15.3 Å². The minimum absolute atomic E-state index is 0.648. The molecule has 0 aromatic rings. The summed E-state index contributed by atoms with van der Waals surface area (Å²) in [7, 11) is 2.12. The fourth-order valence-electron chi connectivity index (χ4n) is 3.20. The van der Waals surface area contributed by atoms with Crippen LogP contribution in [-0.2, 0) is 0 Å². The Morgan fingerprint density at radius 2 is 1.72 bits per heavy atom. The molecule has 1 saturated carbocycles. The number of hydrogen-bond acceptors (Lipinski definition) is 2. The van der Waals surface area contributed by atoms with Crippen LogP contribution in [-0.4, -0.2) is 37.1 Å². The number of likely N-dealkylation sites (N-methyl/N-ethyl adjacent to an activating group) is 1. The van der Waals surface area contributed by atoms with E-state index in [4.69, 9.17) is 0 Å². The molecular weight excluding hydrogens is 220 g/mol. The Balaban J connectivity index is 2.57. The van der Waals surface area contributed by atoms with Crippen molar-refractivity contribution in [3.63, 3.8) is 0 Å². The fraction of sp³-hybridized carbons (Fsp3) is 1.00. The Labute approximate surface area is 115 Å². The van der Waals surface area contributed by atoms with E-state index in [9.17, 15) is 0 Å². The molecule has 2 unspecified atom stereocenters. The smallest absolute Gasteiger partial charge is 0.0217 e. The highest BCUT2D eigenvalue weighted by Gasteiger charge is 2.26. The van der Waals surface area contributed by atoms with Gasteiger partial charge in [-0.25, -0.2) is 0 Å². The summed E-state index contributed by atoms with van der Waals surface area (Å²) in [4.78, 5) is 2.77. The second-order valence-electron chi connectivity index (χ2n) is 6.57. The van der Waals surface area contributed by atoms with Crippen LogP contribution in [0, 0.1) is 11.8 Å². The van der Waals surface area contributed by atoms with Gasteiger partial charge in [-0.05, 0) is 31.7 Å². The molecule has 0 heterocycles. The summed E-state index contributed by atoms with van der Waals surface area (Å²) in [6.07, 6.45) is 6.98. The van der Waals surface area contributed by atoms with Crippen LogP contribution in [0.5, 0.6) is 0 Å². The molecule has 1 aliphatic rings. The third-order valence-corrected chi connectivity index (χ3v) is 4.57. The van der Waals surface area contributed by atoms with E-state index in [0.29, 0.717) is 6.04 Å². The van der Waals surface area contributed by atoms with Crippen molar-refractivity contribution >= 4 is 0 Å². The quantitative estimate of drug-likeness (QED) is 0.713. The van der Waals surface area contributed by atoms with Crippen molar-refractivity contribution in [3.05, 3.63) is 0 Å². The summed E-state index contributed by atoms with van der Waals surface area (Å²) in [5.41, 5.74) is 0. The van der Waals surface area contributed by atoms with Crippen LogP contribution >= 0.6 is 0 Å². The molecule has 0 aromatic heterocycles. The van der Waals surface area contributed by atoms with E-state index < -0.39 is 0 Å². The Hall–Kier alpha value is -0.0800. The lowest BCUT2D eigenvalue weighted by molar-refractivity contribution is 0.145. The van der Waals surface area contributed by atoms with Crippen molar-refractivity contribution < 1.29 is 0 Å². The molecular formula is C16H34N2.